The minimum atomic E-state index is -0.824. The van der Waals surface area contributed by atoms with Crippen LogP contribution in [0, 0.1) is 0 Å². The van der Waals surface area contributed by atoms with E-state index in [4.69, 9.17) is 32.7 Å². The number of ether oxygens (including phenoxy) is 2. The molecule has 0 heterocycles. The summed E-state index contributed by atoms with van der Waals surface area (Å²) in [7, 11) is 1.40. The smallest absolute Gasteiger partial charge is 0.426 e. The topological polar surface area (TPSA) is 106 Å². The first-order valence-corrected chi connectivity index (χ1v) is 12.3. The Morgan fingerprint density at radius 3 is 2.08 bits per heavy atom. The molecule has 10 heteroatoms. The molecule has 0 fully saturated rings. The van der Waals surface area contributed by atoms with Crippen LogP contribution in [0.3, 0.4) is 0 Å². The number of hydrogen-bond acceptors (Lipinski definition) is 5. The standard InChI is InChI=1S/C27H25Cl2N3O5/c1-36-14-19(33)13-25(16-10-17(28)12-18(29)11-16)30-26(34)31-32-27(35)37-15-24-22-8-4-2-6-20(22)21-7-3-5-9-23(21)24/h2-12,24-25H,13-15H2,1H3,(H,32,35)(H2,30,31,34). The van der Waals surface area contributed by atoms with Crippen molar-refractivity contribution in [3.63, 3.8) is 0 Å². The van der Waals surface area contributed by atoms with E-state index in [1.165, 1.54) is 7.11 Å². The largest absolute Gasteiger partial charge is 0.447 e. The number of hydrazine groups is 1. The van der Waals surface area contributed by atoms with Gasteiger partial charge in [0.25, 0.3) is 0 Å². The van der Waals surface area contributed by atoms with E-state index in [1.54, 1.807) is 18.2 Å². The molecule has 4 rings (SSSR count). The van der Waals surface area contributed by atoms with Gasteiger partial charge in [-0.25, -0.2) is 20.4 Å². The Balaban J connectivity index is 1.34. The quantitative estimate of drug-likeness (QED) is 0.331. The summed E-state index contributed by atoms with van der Waals surface area (Å²) in [5.74, 6) is -0.357. The number of nitrogens with one attached hydrogen (secondary N) is 3. The summed E-state index contributed by atoms with van der Waals surface area (Å²) < 4.78 is 10.3. The van der Waals surface area contributed by atoms with E-state index in [9.17, 15) is 14.4 Å². The molecule has 0 saturated carbocycles. The third kappa shape index (κ3) is 6.60. The molecule has 3 aromatic carbocycles. The number of fused-ring (bicyclic) bond motifs is 3. The monoisotopic (exact) mass is 541 g/mol. The van der Waals surface area contributed by atoms with Crippen LogP contribution in [-0.2, 0) is 14.3 Å². The van der Waals surface area contributed by atoms with Crippen molar-refractivity contribution in [2.75, 3.05) is 20.3 Å². The second-order valence-corrected chi connectivity index (χ2v) is 9.35. The number of halogens is 2. The summed E-state index contributed by atoms with van der Waals surface area (Å²) in [6.45, 7) is -0.0234. The number of carbonyl (C=O) groups excluding carboxylic acids is 3. The molecule has 37 heavy (non-hydrogen) atoms. The minimum Gasteiger partial charge on any atom is -0.447 e. The van der Waals surface area contributed by atoms with Gasteiger partial charge in [-0.2, -0.15) is 0 Å². The van der Waals surface area contributed by atoms with Crippen molar-refractivity contribution >= 4 is 41.1 Å². The van der Waals surface area contributed by atoms with Gasteiger partial charge in [0.15, 0.2) is 5.78 Å². The van der Waals surface area contributed by atoms with Crippen LogP contribution in [0.4, 0.5) is 9.59 Å². The minimum absolute atomic E-state index is 0.0666. The van der Waals surface area contributed by atoms with E-state index in [-0.39, 0.29) is 31.3 Å². The highest BCUT2D eigenvalue weighted by Crippen LogP contribution is 2.44. The average molecular weight is 542 g/mol. The predicted molar refractivity (Wildman–Crippen MR) is 141 cm³/mol. The Bertz CT molecular complexity index is 1250. The molecule has 1 aliphatic rings. The first-order valence-electron chi connectivity index (χ1n) is 11.5. The second kappa shape index (κ2) is 12.1. The van der Waals surface area contributed by atoms with Crippen LogP contribution in [0.15, 0.2) is 66.7 Å². The number of ketones is 1. The van der Waals surface area contributed by atoms with Crippen LogP contribution in [0.5, 0.6) is 0 Å². The van der Waals surface area contributed by atoms with Gasteiger partial charge < -0.3 is 14.8 Å². The molecule has 3 amide bonds. The van der Waals surface area contributed by atoms with Crippen LogP contribution in [0.2, 0.25) is 10.0 Å². The lowest BCUT2D eigenvalue weighted by atomic mass is 9.98. The fraction of sp³-hybridized carbons (Fsp3) is 0.222. The zero-order valence-corrected chi connectivity index (χ0v) is 21.4. The number of carbonyl (C=O) groups is 3. The van der Waals surface area contributed by atoms with Gasteiger partial charge in [-0.05, 0) is 46.0 Å². The molecule has 1 unspecified atom stereocenters. The van der Waals surface area contributed by atoms with Gasteiger partial charge in [0, 0.05) is 29.5 Å². The molecule has 3 N–H and O–H groups in total. The molecule has 0 aromatic heterocycles. The first kappa shape index (κ1) is 26.5. The van der Waals surface area contributed by atoms with Gasteiger partial charge in [0.2, 0.25) is 0 Å². The summed E-state index contributed by atoms with van der Waals surface area (Å²) in [5, 5.41) is 3.35. The van der Waals surface area contributed by atoms with Crippen molar-refractivity contribution in [2.45, 2.75) is 18.4 Å². The van der Waals surface area contributed by atoms with Crippen molar-refractivity contribution in [2.24, 2.45) is 0 Å². The van der Waals surface area contributed by atoms with Crippen molar-refractivity contribution in [1.82, 2.24) is 16.2 Å². The Morgan fingerprint density at radius 1 is 0.892 bits per heavy atom. The SMILES string of the molecule is COCC(=O)CC(NC(=O)NNC(=O)OCC1c2ccccc2-c2ccccc21)c1cc(Cl)cc(Cl)c1. The van der Waals surface area contributed by atoms with E-state index in [0.717, 1.165) is 22.3 Å². The molecule has 192 valence electrons. The predicted octanol–water partition coefficient (Wildman–Crippen LogP) is 5.39. The lowest BCUT2D eigenvalue weighted by Crippen LogP contribution is -2.48. The number of Topliss-reactive ketones (excluding diaryl/α,β-unsaturated/α-hetero) is 1. The van der Waals surface area contributed by atoms with Crippen LogP contribution in [0.1, 0.15) is 35.1 Å². The molecule has 1 atom stereocenters. The number of methoxy groups -OCH3 is 1. The molecule has 3 aromatic rings. The summed E-state index contributed by atoms with van der Waals surface area (Å²) in [4.78, 5) is 37.1. The molecule has 0 saturated heterocycles. The highest BCUT2D eigenvalue weighted by molar-refractivity contribution is 6.34. The molecule has 0 spiro atoms. The molecule has 0 aliphatic heterocycles. The fourth-order valence-corrected chi connectivity index (χ4v) is 4.96. The maximum Gasteiger partial charge on any atom is 0.426 e. The average Bonchev–Trinajstić information content (AvgIpc) is 3.19. The van der Waals surface area contributed by atoms with E-state index in [2.05, 4.69) is 16.2 Å². The summed E-state index contributed by atoms with van der Waals surface area (Å²) in [5.41, 5.74) is 9.37. The Morgan fingerprint density at radius 2 is 1.49 bits per heavy atom. The van der Waals surface area contributed by atoms with Crippen LogP contribution in [0.25, 0.3) is 11.1 Å². The van der Waals surface area contributed by atoms with Gasteiger partial charge >= 0.3 is 12.1 Å². The number of hydrogen-bond donors (Lipinski definition) is 3. The van der Waals surface area contributed by atoms with Gasteiger partial charge in [-0.3, -0.25) is 4.79 Å². The van der Waals surface area contributed by atoms with Crippen molar-refractivity contribution in [3.8, 4) is 11.1 Å². The molecule has 0 radical (unpaired) electrons. The number of rotatable bonds is 8. The maximum absolute atomic E-state index is 12.5. The van der Waals surface area contributed by atoms with Crippen molar-refractivity contribution < 1.29 is 23.9 Å². The summed E-state index contributed by atoms with van der Waals surface area (Å²) in [6, 6.07) is 19.2. The van der Waals surface area contributed by atoms with E-state index < -0.39 is 18.2 Å². The number of urea groups is 1. The number of amides is 3. The van der Waals surface area contributed by atoms with Crippen LogP contribution >= 0.6 is 23.2 Å². The highest BCUT2D eigenvalue weighted by atomic mass is 35.5. The lowest BCUT2D eigenvalue weighted by molar-refractivity contribution is -0.123. The molecular weight excluding hydrogens is 517 g/mol. The third-order valence-electron chi connectivity index (χ3n) is 5.95. The Hall–Kier alpha value is -3.59. The molecule has 1 aliphatic carbocycles. The van der Waals surface area contributed by atoms with Gasteiger partial charge in [-0.1, -0.05) is 71.7 Å². The summed E-state index contributed by atoms with van der Waals surface area (Å²) in [6.07, 6.45) is -0.891. The van der Waals surface area contributed by atoms with Gasteiger partial charge in [0.05, 0.1) is 6.04 Å². The van der Waals surface area contributed by atoms with Crippen LogP contribution in [-0.4, -0.2) is 38.2 Å². The van der Waals surface area contributed by atoms with E-state index in [1.807, 2.05) is 48.5 Å². The third-order valence-corrected chi connectivity index (χ3v) is 6.39. The maximum atomic E-state index is 12.5. The Labute approximate surface area is 224 Å². The fourth-order valence-electron chi connectivity index (χ4n) is 4.41. The number of benzene rings is 3. The molecule has 0 bridgehead atoms. The highest BCUT2D eigenvalue weighted by Gasteiger charge is 2.29. The normalized spacial score (nSPS) is 12.7. The lowest BCUT2D eigenvalue weighted by Gasteiger charge is -2.20. The molecule has 8 nitrogen and oxygen atoms in total. The molecular formula is C27H25Cl2N3O5. The zero-order valence-electron chi connectivity index (χ0n) is 19.9. The Kier molecular flexibility index (Phi) is 8.66. The first-order chi connectivity index (χ1) is 17.9. The summed E-state index contributed by atoms with van der Waals surface area (Å²) >= 11 is 12.2. The van der Waals surface area contributed by atoms with Crippen molar-refractivity contribution in [1.29, 1.82) is 0 Å². The second-order valence-electron chi connectivity index (χ2n) is 8.48. The van der Waals surface area contributed by atoms with Gasteiger partial charge in [0.1, 0.15) is 13.2 Å². The van der Waals surface area contributed by atoms with Gasteiger partial charge in [-0.15, -0.1) is 0 Å². The van der Waals surface area contributed by atoms with Crippen LogP contribution < -0.4 is 16.2 Å². The van der Waals surface area contributed by atoms with Crippen molar-refractivity contribution in [3.05, 3.63) is 93.5 Å². The van der Waals surface area contributed by atoms with E-state index in [0.29, 0.717) is 15.6 Å². The van der Waals surface area contributed by atoms with E-state index >= 15 is 0 Å². The zero-order chi connectivity index (χ0) is 26.4.